The van der Waals surface area contributed by atoms with Gasteiger partial charge >= 0.3 is 0 Å². The zero-order valence-corrected chi connectivity index (χ0v) is 13.3. The van der Waals surface area contributed by atoms with Crippen molar-refractivity contribution in [2.45, 2.75) is 6.42 Å². The first-order chi connectivity index (χ1) is 11.1. The van der Waals surface area contributed by atoms with E-state index in [-0.39, 0.29) is 17.4 Å². The molecule has 3 rings (SSSR count). The van der Waals surface area contributed by atoms with E-state index >= 15 is 0 Å². The number of nitrogens with one attached hydrogen (secondary N) is 1. The van der Waals surface area contributed by atoms with E-state index in [1.807, 2.05) is 12.1 Å². The van der Waals surface area contributed by atoms with E-state index in [1.165, 1.54) is 11.3 Å². The molecule has 0 aliphatic carbocycles. The normalized spacial score (nSPS) is 10.8. The molecule has 0 bridgehead atoms. The number of rotatable bonds is 4. The molecule has 3 N–H and O–H groups in total. The fraction of sp³-hybridized carbons (Fsp3) is 0.200. The van der Waals surface area contributed by atoms with Gasteiger partial charge in [0.15, 0.2) is 0 Å². The fourth-order valence-corrected chi connectivity index (χ4v) is 3.12. The molecule has 0 fully saturated rings. The Kier molecular flexibility index (Phi) is 4.07. The predicted octanol–water partition coefficient (Wildman–Crippen LogP) is 1.28. The lowest BCUT2D eigenvalue weighted by molar-refractivity contribution is 0.0799. The van der Waals surface area contributed by atoms with Gasteiger partial charge in [0.25, 0.3) is 11.5 Å². The number of nitrogens with zero attached hydrogens (tertiary/aromatic N) is 3. The Morgan fingerprint density at radius 3 is 2.87 bits per heavy atom. The van der Waals surface area contributed by atoms with Crippen LogP contribution in [0.15, 0.2) is 34.7 Å². The van der Waals surface area contributed by atoms with E-state index in [4.69, 9.17) is 5.73 Å². The largest absolute Gasteiger partial charge is 0.369 e. The summed E-state index contributed by atoms with van der Waals surface area (Å²) in [5.41, 5.74) is 7.11. The van der Waals surface area contributed by atoms with Crippen molar-refractivity contribution >= 4 is 33.4 Å². The third kappa shape index (κ3) is 3.07. The van der Waals surface area contributed by atoms with Crippen LogP contribution in [0.3, 0.4) is 0 Å². The third-order valence-corrected chi connectivity index (χ3v) is 4.48. The molecule has 0 spiro atoms. The van der Waals surface area contributed by atoms with E-state index in [0.717, 1.165) is 12.0 Å². The lowest BCUT2D eigenvalue weighted by Gasteiger charge is -2.16. The second kappa shape index (κ2) is 6.17. The maximum atomic E-state index is 12.6. The number of aromatic nitrogens is 3. The topological polar surface area (TPSA) is 105 Å². The van der Waals surface area contributed by atoms with Crippen molar-refractivity contribution in [3.63, 3.8) is 0 Å². The number of pyridine rings is 1. The van der Waals surface area contributed by atoms with Gasteiger partial charge in [-0.2, -0.15) is 0 Å². The summed E-state index contributed by atoms with van der Waals surface area (Å²) in [7, 11) is 1.73. The van der Waals surface area contributed by atoms with E-state index in [0.29, 0.717) is 22.3 Å². The van der Waals surface area contributed by atoms with Crippen molar-refractivity contribution in [3.8, 4) is 0 Å². The van der Waals surface area contributed by atoms with Crippen LogP contribution in [0, 0.1) is 0 Å². The summed E-state index contributed by atoms with van der Waals surface area (Å²) in [5, 5.41) is 1.65. The van der Waals surface area contributed by atoms with E-state index < -0.39 is 0 Å². The summed E-state index contributed by atoms with van der Waals surface area (Å²) >= 11 is 1.19. The molecule has 0 saturated carbocycles. The highest BCUT2D eigenvalue weighted by Crippen LogP contribution is 2.22. The zero-order chi connectivity index (χ0) is 16.4. The van der Waals surface area contributed by atoms with Crippen molar-refractivity contribution in [2.24, 2.45) is 0 Å². The zero-order valence-electron chi connectivity index (χ0n) is 12.4. The molecule has 8 heteroatoms. The molecule has 0 saturated heterocycles. The SMILES string of the molecule is CN(CCc1ccncc1)C(=O)c1csc2c(=O)[nH]c(N)nc12. The van der Waals surface area contributed by atoms with Gasteiger partial charge in [-0.05, 0) is 24.1 Å². The van der Waals surface area contributed by atoms with Gasteiger partial charge in [-0.25, -0.2) is 4.98 Å². The molecule has 7 nitrogen and oxygen atoms in total. The minimum absolute atomic E-state index is 0.00869. The second-order valence-electron chi connectivity index (χ2n) is 5.11. The first-order valence-electron chi connectivity index (χ1n) is 6.97. The van der Waals surface area contributed by atoms with Crippen molar-refractivity contribution in [2.75, 3.05) is 19.3 Å². The fourth-order valence-electron chi connectivity index (χ4n) is 2.25. The lowest BCUT2D eigenvalue weighted by atomic mass is 10.2. The smallest absolute Gasteiger partial charge is 0.270 e. The number of anilines is 1. The summed E-state index contributed by atoms with van der Waals surface area (Å²) in [6, 6.07) is 3.83. The van der Waals surface area contributed by atoms with Crippen LogP contribution in [0.5, 0.6) is 0 Å². The number of hydrogen-bond acceptors (Lipinski definition) is 6. The molecule has 0 aliphatic rings. The summed E-state index contributed by atoms with van der Waals surface area (Å²) in [6.45, 7) is 0.554. The quantitative estimate of drug-likeness (QED) is 0.750. The number of carbonyl (C=O) groups excluding carboxylic acids is 1. The molecular weight excluding hydrogens is 314 g/mol. The van der Waals surface area contributed by atoms with Gasteiger partial charge in [0.05, 0.1) is 5.56 Å². The number of fused-ring (bicyclic) bond motifs is 1. The average Bonchev–Trinajstić information content (AvgIpc) is 2.97. The summed E-state index contributed by atoms with van der Waals surface area (Å²) in [4.78, 5) is 36.5. The Labute approximate surface area is 135 Å². The first-order valence-corrected chi connectivity index (χ1v) is 7.85. The molecule has 0 radical (unpaired) electrons. The van der Waals surface area contributed by atoms with Crippen molar-refractivity contribution in [1.82, 2.24) is 19.9 Å². The molecule has 3 heterocycles. The van der Waals surface area contributed by atoms with Crippen LogP contribution in [0.25, 0.3) is 10.2 Å². The maximum Gasteiger partial charge on any atom is 0.270 e. The molecule has 0 aromatic carbocycles. The first kappa shape index (κ1) is 15.2. The van der Waals surface area contributed by atoms with Gasteiger partial charge in [-0.1, -0.05) is 0 Å². The van der Waals surface area contributed by atoms with Crippen LogP contribution in [0.2, 0.25) is 0 Å². The molecule has 0 atom stereocenters. The molecule has 3 aromatic rings. The number of carbonyl (C=O) groups is 1. The van der Waals surface area contributed by atoms with Crippen LogP contribution in [0.1, 0.15) is 15.9 Å². The Bertz CT molecular complexity index is 903. The van der Waals surface area contributed by atoms with Gasteiger partial charge in [-0.3, -0.25) is 19.6 Å². The highest BCUT2D eigenvalue weighted by Gasteiger charge is 2.19. The predicted molar refractivity (Wildman–Crippen MR) is 89.6 cm³/mol. The molecule has 23 heavy (non-hydrogen) atoms. The van der Waals surface area contributed by atoms with Crippen molar-refractivity contribution in [3.05, 3.63) is 51.4 Å². The van der Waals surface area contributed by atoms with Gasteiger partial charge in [0, 0.05) is 31.4 Å². The molecule has 0 unspecified atom stereocenters. The standard InChI is InChI=1S/C15H15N5O2S/c1-20(7-4-9-2-5-17-6-3-9)14(22)10-8-23-12-11(10)18-15(16)19-13(12)21/h2-3,5-6,8H,4,7H2,1H3,(H3,16,18,19,21). The van der Waals surface area contributed by atoms with Crippen LogP contribution in [-0.2, 0) is 6.42 Å². The summed E-state index contributed by atoms with van der Waals surface area (Å²) in [5.74, 6) is -0.169. The molecule has 3 aromatic heterocycles. The number of thiophene rings is 1. The number of H-pyrrole nitrogens is 1. The molecular formula is C15H15N5O2S. The second-order valence-corrected chi connectivity index (χ2v) is 5.99. The minimum atomic E-state index is -0.323. The van der Waals surface area contributed by atoms with E-state index in [2.05, 4.69) is 15.0 Å². The summed E-state index contributed by atoms with van der Waals surface area (Å²) in [6.07, 6.45) is 4.17. The number of nitrogen functional groups attached to an aromatic ring is 1. The Hall–Kier alpha value is -2.74. The maximum absolute atomic E-state index is 12.6. The van der Waals surface area contributed by atoms with Crippen molar-refractivity contribution in [1.29, 1.82) is 0 Å². The van der Waals surface area contributed by atoms with E-state index in [1.54, 1.807) is 29.7 Å². The average molecular weight is 329 g/mol. The number of nitrogens with two attached hydrogens (primary N) is 1. The van der Waals surface area contributed by atoms with Gasteiger partial charge < -0.3 is 10.6 Å². The number of likely N-dealkylation sites (N-methyl/N-ethyl adjacent to an activating group) is 1. The lowest BCUT2D eigenvalue weighted by Crippen LogP contribution is -2.29. The minimum Gasteiger partial charge on any atom is -0.369 e. The number of amides is 1. The number of hydrogen-bond donors (Lipinski definition) is 2. The Balaban J connectivity index is 1.81. The van der Waals surface area contributed by atoms with Gasteiger partial charge in [0.1, 0.15) is 10.2 Å². The Morgan fingerprint density at radius 2 is 2.13 bits per heavy atom. The van der Waals surface area contributed by atoms with E-state index in [9.17, 15) is 9.59 Å². The molecule has 1 amide bonds. The van der Waals surface area contributed by atoms with Crippen molar-refractivity contribution < 1.29 is 4.79 Å². The number of aromatic amines is 1. The Morgan fingerprint density at radius 1 is 1.39 bits per heavy atom. The van der Waals surface area contributed by atoms with Crippen LogP contribution < -0.4 is 11.3 Å². The van der Waals surface area contributed by atoms with Crippen LogP contribution in [0.4, 0.5) is 5.95 Å². The third-order valence-electron chi connectivity index (χ3n) is 3.51. The summed E-state index contributed by atoms with van der Waals surface area (Å²) < 4.78 is 0.407. The molecule has 118 valence electrons. The highest BCUT2D eigenvalue weighted by atomic mass is 32.1. The molecule has 0 aliphatic heterocycles. The highest BCUT2D eigenvalue weighted by molar-refractivity contribution is 7.17. The monoisotopic (exact) mass is 329 g/mol. The van der Waals surface area contributed by atoms with Gasteiger partial charge in [-0.15, -0.1) is 11.3 Å². The van der Waals surface area contributed by atoms with Crippen LogP contribution >= 0.6 is 11.3 Å². The van der Waals surface area contributed by atoms with Gasteiger partial charge in [0.2, 0.25) is 5.95 Å². The van der Waals surface area contributed by atoms with Crippen LogP contribution in [-0.4, -0.2) is 39.4 Å².